The number of rotatable bonds is 0. The lowest BCUT2D eigenvalue weighted by molar-refractivity contribution is 0.822. The Balaban J connectivity index is 2.34. The number of allylic oxidation sites excluding steroid dienone is 2. The second-order valence-corrected chi connectivity index (χ2v) is 4.96. The highest BCUT2D eigenvalue weighted by atomic mass is 14.7. The van der Waals surface area contributed by atoms with E-state index in [1.165, 1.54) is 16.5 Å². The van der Waals surface area contributed by atoms with Gasteiger partial charge in [-0.2, -0.15) is 10.5 Å². The number of fused-ring (bicyclic) bond motifs is 3. The zero-order valence-corrected chi connectivity index (χ0v) is 10.7. The number of aryl methyl sites for hydroxylation is 2. The van der Waals surface area contributed by atoms with Crippen molar-refractivity contribution in [2.45, 2.75) is 26.2 Å². The van der Waals surface area contributed by atoms with Gasteiger partial charge >= 0.3 is 0 Å². The highest BCUT2D eigenvalue weighted by Gasteiger charge is 2.22. The number of nitriles is 2. The minimum Gasteiger partial charge on any atom is -0.355 e. The van der Waals surface area contributed by atoms with Crippen LogP contribution in [-0.4, -0.2) is 4.98 Å². The number of nitrogens with zero attached hydrogens (tertiary/aromatic N) is 2. The van der Waals surface area contributed by atoms with Crippen LogP contribution in [0.5, 0.6) is 0 Å². The lowest BCUT2D eigenvalue weighted by Crippen LogP contribution is -2.02. The quantitative estimate of drug-likeness (QED) is 0.723. The molecule has 3 heteroatoms. The predicted molar refractivity (Wildman–Crippen MR) is 74.1 cm³/mol. The zero-order valence-electron chi connectivity index (χ0n) is 10.7. The number of aromatic nitrogens is 1. The normalized spacial score (nSPS) is 13.7. The van der Waals surface area contributed by atoms with E-state index in [4.69, 9.17) is 10.5 Å². The first-order valence-electron chi connectivity index (χ1n) is 6.39. The van der Waals surface area contributed by atoms with Gasteiger partial charge in [0.1, 0.15) is 17.7 Å². The highest BCUT2D eigenvalue weighted by molar-refractivity contribution is 5.92. The van der Waals surface area contributed by atoms with Crippen LogP contribution in [0.3, 0.4) is 0 Å². The number of H-pyrrole nitrogens is 1. The van der Waals surface area contributed by atoms with Gasteiger partial charge in [0.15, 0.2) is 0 Å². The molecule has 0 atom stereocenters. The lowest BCUT2D eigenvalue weighted by Gasteiger charge is -2.15. The van der Waals surface area contributed by atoms with Gasteiger partial charge in [-0.15, -0.1) is 0 Å². The van der Waals surface area contributed by atoms with Gasteiger partial charge in [-0.25, -0.2) is 0 Å². The fourth-order valence-corrected chi connectivity index (χ4v) is 2.86. The summed E-state index contributed by atoms with van der Waals surface area (Å²) >= 11 is 0. The SMILES string of the molecule is Cc1ccc2[nH]c3c(c2c1)CCCC3=C(C#N)C#N. The van der Waals surface area contributed by atoms with Gasteiger partial charge in [0.25, 0.3) is 0 Å². The summed E-state index contributed by atoms with van der Waals surface area (Å²) < 4.78 is 0. The summed E-state index contributed by atoms with van der Waals surface area (Å²) in [5.41, 5.74) is 5.67. The monoisotopic (exact) mass is 247 g/mol. The molecule has 1 aromatic heterocycles. The van der Waals surface area contributed by atoms with Crippen molar-refractivity contribution in [1.82, 2.24) is 4.98 Å². The first kappa shape index (κ1) is 11.6. The van der Waals surface area contributed by atoms with E-state index in [9.17, 15) is 0 Å². The van der Waals surface area contributed by atoms with Crippen LogP contribution >= 0.6 is 0 Å². The molecule has 0 bridgehead atoms. The molecule has 0 saturated carbocycles. The summed E-state index contributed by atoms with van der Waals surface area (Å²) in [7, 11) is 0. The van der Waals surface area contributed by atoms with Crippen LogP contribution in [0.4, 0.5) is 0 Å². The van der Waals surface area contributed by atoms with Gasteiger partial charge in [-0.3, -0.25) is 0 Å². The Labute approximate surface area is 111 Å². The first-order chi connectivity index (χ1) is 9.24. The predicted octanol–water partition coefficient (Wildman–Crippen LogP) is 3.61. The van der Waals surface area contributed by atoms with Crippen molar-refractivity contribution >= 4 is 16.5 Å². The fraction of sp³-hybridized carbons (Fsp3) is 0.250. The van der Waals surface area contributed by atoms with E-state index in [0.29, 0.717) is 0 Å². The molecule has 0 saturated heterocycles. The van der Waals surface area contributed by atoms with Gasteiger partial charge in [-0.1, -0.05) is 11.6 Å². The number of benzene rings is 1. The molecule has 0 unspecified atom stereocenters. The average Bonchev–Trinajstić information content (AvgIpc) is 2.79. The van der Waals surface area contributed by atoms with Crippen LogP contribution in [0.15, 0.2) is 23.8 Å². The van der Waals surface area contributed by atoms with E-state index in [1.54, 1.807) is 0 Å². The maximum Gasteiger partial charge on any atom is 0.134 e. The summed E-state index contributed by atoms with van der Waals surface area (Å²) in [6.45, 7) is 2.08. The fourth-order valence-electron chi connectivity index (χ4n) is 2.86. The number of hydrogen-bond acceptors (Lipinski definition) is 2. The van der Waals surface area contributed by atoms with Crippen molar-refractivity contribution in [2.24, 2.45) is 0 Å². The largest absolute Gasteiger partial charge is 0.355 e. The highest BCUT2D eigenvalue weighted by Crippen LogP contribution is 2.37. The van der Waals surface area contributed by atoms with Crippen molar-refractivity contribution in [3.05, 3.63) is 40.6 Å². The van der Waals surface area contributed by atoms with Crippen LogP contribution < -0.4 is 0 Å². The third-order valence-electron chi connectivity index (χ3n) is 3.74. The van der Waals surface area contributed by atoms with E-state index >= 15 is 0 Å². The summed E-state index contributed by atoms with van der Waals surface area (Å²) in [6.07, 6.45) is 2.80. The maximum absolute atomic E-state index is 9.08. The van der Waals surface area contributed by atoms with Gasteiger partial charge in [-0.05, 0) is 43.9 Å². The molecule has 0 spiro atoms. The molecule has 1 aliphatic carbocycles. The Hall–Kier alpha value is -2.52. The standard InChI is InChI=1S/C16H13N3/c1-10-5-6-15-14(7-10)13-4-2-3-12(16(13)19-15)11(8-17)9-18/h5-7,19H,2-4H2,1H3. The van der Waals surface area contributed by atoms with Crippen LogP contribution in [0, 0.1) is 29.6 Å². The van der Waals surface area contributed by atoms with Crippen molar-refractivity contribution in [2.75, 3.05) is 0 Å². The minimum atomic E-state index is 0.240. The van der Waals surface area contributed by atoms with Crippen molar-refractivity contribution in [3.8, 4) is 12.1 Å². The van der Waals surface area contributed by atoms with Crippen LogP contribution in [0.2, 0.25) is 0 Å². The van der Waals surface area contributed by atoms with Gasteiger partial charge in [0.05, 0.1) is 0 Å². The van der Waals surface area contributed by atoms with Crippen LogP contribution in [0.1, 0.15) is 29.7 Å². The molecular weight excluding hydrogens is 234 g/mol. The van der Waals surface area contributed by atoms with Crippen LogP contribution in [0.25, 0.3) is 16.5 Å². The summed E-state index contributed by atoms with van der Waals surface area (Å²) in [6, 6.07) is 10.3. The summed E-state index contributed by atoms with van der Waals surface area (Å²) in [5.74, 6) is 0. The van der Waals surface area contributed by atoms with E-state index in [-0.39, 0.29) is 5.57 Å². The molecule has 19 heavy (non-hydrogen) atoms. The van der Waals surface area contributed by atoms with E-state index in [2.05, 4.69) is 30.1 Å². The molecule has 3 rings (SSSR count). The molecule has 0 fully saturated rings. The Morgan fingerprint density at radius 1 is 1.21 bits per heavy atom. The molecule has 0 aliphatic heterocycles. The lowest BCUT2D eigenvalue weighted by atomic mass is 9.89. The van der Waals surface area contributed by atoms with E-state index in [1.807, 2.05) is 12.1 Å². The van der Waals surface area contributed by atoms with Crippen LogP contribution in [-0.2, 0) is 6.42 Å². The zero-order chi connectivity index (χ0) is 13.4. The Kier molecular flexibility index (Phi) is 2.62. The molecular formula is C16H13N3. The molecule has 0 radical (unpaired) electrons. The maximum atomic E-state index is 9.08. The Morgan fingerprint density at radius 3 is 2.74 bits per heavy atom. The smallest absolute Gasteiger partial charge is 0.134 e. The van der Waals surface area contributed by atoms with Gasteiger partial charge in [0.2, 0.25) is 0 Å². The van der Waals surface area contributed by atoms with Crippen molar-refractivity contribution in [3.63, 3.8) is 0 Å². The molecule has 1 heterocycles. The summed E-state index contributed by atoms with van der Waals surface area (Å²) in [5, 5.41) is 19.4. The Bertz CT molecular complexity index is 763. The first-order valence-corrected chi connectivity index (χ1v) is 6.39. The molecule has 1 aromatic carbocycles. The van der Waals surface area contributed by atoms with Gasteiger partial charge in [0, 0.05) is 22.2 Å². The molecule has 0 amide bonds. The van der Waals surface area contributed by atoms with E-state index in [0.717, 1.165) is 36.0 Å². The molecule has 3 nitrogen and oxygen atoms in total. The average molecular weight is 247 g/mol. The molecule has 1 N–H and O–H groups in total. The number of nitrogens with one attached hydrogen (secondary N) is 1. The number of hydrogen-bond donors (Lipinski definition) is 1. The van der Waals surface area contributed by atoms with Crippen molar-refractivity contribution in [1.29, 1.82) is 10.5 Å². The van der Waals surface area contributed by atoms with Gasteiger partial charge < -0.3 is 4.98 Å². The third kappa shape index (κ3) is 1.72. The third-order valence-corrected chi connectivity index (χ3v) is 3.74. The Morgan fingerprint density at radius 2 is 2.00 bits per heavy atom. The molecule has 2 aromatic rings. The second-order valence-electron chi connectivity index (χ2n) is 4.96. The summed E-state index contributed by atoms with van der Waals surface area (Å²) in [4.78, 5) is 3.38. The molecule has 1 aliphatic rings. The van der Waals surface area contributed by atoms with E-state index < -0.39 is 0 Å². The number of aromatic amines is 1. The second kappa shape index (κ2) is 4.30. The molecule has 92 valence electrons. The topological polar surface area (TPSA) is 63.4 Å². The minimum absolute atomic E-state index is 0.240. The van der Waals surface area contributed by atoms with Crippen molar-refractivity contribution < 1.29 is 0 Å².